The summed E-state index contributed by atoms with van der Waals surface area (Å²) < 4.78 is 25.6. The summed E-state index contributed by atoms with van der Waals surface area (Å²) in [6, 6.07) is 42.9. The summed E-state index contributed by atoms with van der Waals surface area (Å²) in [5, 5.41) is 0. The summed E-state index contributed by atoms with van der Waals surface area (Å²) in [6.07, 6.45) is 8.17. The third-order valence-electron chi connectivity index (χ3n) is 11.7. The molecule has 3 aliphatic rings. The molecule has 9 rings (SSSR count). The van der Waals surface area contributed by atoms with Crippen molar-refractivity contribution in [2.24, 2.45) is 0 Å². The van der Waals surface area contributed by atoms with Gasteiger partial charge in [0, 0.05) is 40.2 Å². The fourth-order valence-electron chi connectivity index (χ4n) is 8.77. The van der Waals surface area contributed by atoms with Gasteiger partial charge in [0.05, 0.1) is 18.8 Å². The number of aryl methyl sites for hydroxylation is 1. The summed E-state index contributed by atoms with van der Waals surface area (Å²) in [5.74, 6) is 1.10. The number of Topliss-reactive ketones (excluding diaryl/α,β-unsaturated/α-hetero) is 1. The Morgan fingerprint density at radius 1 is 0.667 bits per heavy atom. The first-order chi connectivity index (χ1) is 27.7. The van der Waals surface area contributed by atoms with Crippen molar-refractivity contribution < 1.29 is 28.5 Å². The van der Waals surface area contributed by atoms with Crippen molar-refractivity contribution in [1.29, 1.82) is 0 Å². The molecule has 282 valence electrons. The lowest BCUT2D eigenvalue weighted by Crippen LogP contribution is -2.41. The topological polar surface area (TPSA) is 71.1 Å². The smallest absolute Gasteiger partial charge is 0.343 e. The van der Waals surface area contributed by atoms with Gasteiger partial charge in [0.25, 0.3) is 0 Å². The zero-order chi connectivity index (χ0) is 39.3. The molecule has 0 spiro atoms. The first-order valence-electron chi connectivity index (χ1n) is 19.3. The Morgan fingerprint density at radius 2 is 1.40 bits per heavy atom. The van der Waals surface area contributed by atoms with E-state index in [0.29, 0.717) is 22.6 Å². The number of esters is 1. The number of ether oxygens (including phenoxy) is 4. The van der Waals surface area contributed by atoms with E-state index in [1.54, 1.807) is 43.5 Å². The molecule has 6 nitrogen and oxygen atoms in total. The van der Waals surface area contributed by atoms with Crippen LogP contribution in [0.4, 0.5) is 0 Å². The highest BCUT2D eigenvalue weighted by Gasteiger charge is 2.45. The molecule has 2 heterocycles. The summed E-state index contributed by atoms with van der Waals surface area (Å²) in [4.78, 5) is 28.2. The molecule has 6 heteroatoms. The van der Waals surface area contributed by atoms with Crippen LogP contribution in [0, 0.1) is 6.92 Å². The first kappa shape index (κ1) is 36.2. The minimum atomic E-state index is -0.970. The van der Waals surface area contributed by atoms with Crippen LogP contribution < -0.4 is 14.2 Å². The number of hydrogen-bond donors (Lipinski definition) is 0. The lowest BCUT2D eigenvalue weighted by molar-refractivity contribution is -0.0597. The monoisotopic (exact) mass is 750 g/mol. The Balaban J connectivity index is 1.02. The van der Waals surface area contributed by atoms with Gasteiger partial charge in [-0.15, -0.1) is 0 Å². The average molecular weight is 751 g/mol. The second-order valence-corrected chi connectivity index (χ2v) is 15.3. The highest BCUT2D eigenvalue weighted by atomic mass is 16.5. The maximum Gasteiger partial charge on any atom is 0.343 e. The number of ketones is 1. The molecule has 6 aromatic rings. The van der Waals surface area contributed by atoms with Crippen LogP contribution in [0.5, 0.6) is 17.2 Å². The minimum Gasteiger partial charge on any atom is -0.497 e. The van der Waals surface area contributed by atoms with E-state index < -0.39 is 17.2 Å². The third kappa shape index (κ3) is 6.27. The molecule has 4 atom stereocenters. The van der Waals surface area contributed by atoms with Gasteiger partial charge in [-0.3, -0.25) is 4.79 Å². The number of allylic oxidation sites excluding steroid dienone is 2. The highest BCUT2D eigenvalue weighted by Crippen LogP contribution is 2.51. The van der Waals surface area contributed by atoms with Crippen molar-refractivity contribution in [2.75, 3.05) is 7.11 Å². The molecule has 0 radical (unpaired) electrons. The van der Waals surface area contributed by atoms with Crippen LogP contribution in [0.1, 0.15) is 79.4 Å². The molecule has 0 saturated heterocycles. The fraction of sp³-hybridized carbons (Fsp3) is 0.176. The zero-order valence-corrected chi connectivity index (χ0v) is 32.3. The lowest BCUT2D eigenvalue weighted by Gasteiger charge is -2.44. The summed E-state index contributed by atoms with van der Waals surface area (Å²) in [5.41, 5.74) is 7.66. The van der Waals surface area contributed by atoms with Crippen LogP contribution >= 0.6 is 0 Å². The summed E-state index contributed by atoms with van der Waals surface area (Å²) >= 11 is 0. The van der Waals surface area contributed by atoms with E-state index in [2.05, 4.69) is 55.5 Å². The molecule has 4 unspecified atom stereocenters. The number of benzene rings is 6. The summed E-state index contributed by atoms with van der Waals surface area (Å²) in [6.45, 7) is 6.13. The van der Waals surface area contributed by atoms with Crippen LogP contribution in [0.15, 0.2) is 158 Å². The summed E-state index contributed by atoms with van der Waals surface area (Å²) in [7, 11) is 1.61. The molecule has 0 aromatic heterocycles. The van der Waals surface area contributed by atoms with Gasteiger partial charge in [0.1, 0.15) is 22.8 Å². The molecule has 2 aliphatic heterocycles. The Kier molecular flexibility index (Phi) is 9.02. The van der Waals surface area contributed by atoms with Gasteiger partial charge in [-0.1, -0.05) is 127 Å². The van der Waals surface area contributed by atoms with E-state index in [-0.39, 0.29) is 29.8 Å². The number of fused-ring (bicyclic) bond motifs is 6. The van der Waals surface area contributed by atoms with Gasteiger partial charge in [-0.05, 0) is 79.4 Å². The van der Waals surface area contributed by atoms with Crippen LogP contribution in [-0.4, -0.2) is 25.0 Å². The molecule has 6 aromatic carbocycles. The van der Waals surface area contributed by atoms with Gasteiger partial charge < -0.3 is 18.9 Å². The van der Waals surface area contributed by atoms with Gasteiger partial charge in [-0.2, -0.15) is 0 Å². The third-order valence-corrected chi connectivity index (χ3v) is 11.7. The average Bonchev–Trinajstić information content (AvgIpc) is 3.24. The van der Waals surface area contributed by atoms with Crippen LogP contribution in [0.3, 0.4) is 0 Å². The highest BCUT2D eigenvalue weighted by molar-refractivity contribution is 6.01. The molecule has 1 aliphatic carbocycles. The second-order valence-electron chi connectivity index (χ2n) is 15.3. The number of rotatable bonds is 8. The zero-order valence-electron chi connectivity index (χ0n) is 32.3. The molecule has 0 amide bonds. The van der Waals surface area contributed by atoms with Crippen molar-refractivity contribution in [2.45, 2.75) is 50.4 Å². The largest absolute Gasteiger partial charge is 0.497 e. The lowest BCUT2D eigenvalue weighted by atomic mass is 9.75. The van der Waals surface area contributed by atoms with Crippen LogP contribution in [-0.2, 0) is 22.4 Å². The van der Waals surface area contributed by atoms with Crippen LogP contribution in [0.2, 0.25) is 0 Å². The molecule has 0 fully saturated rings. The Morgan fingerprint density at radius 3 is 2.25 bits per heavy atom. The standard InChI is InChI=1S/C51H42O6/c1-32-24-25-33(43(28-32)50(2)41-20-9-5-16-37(41)39-18-7-11-22-46(39)56-50)30-45(52)34-14-13-15-35(29-34)49(53)55-48-27-26-36(54-4)31-44(48)51(3)42-21-10-6-17-38(42)40-19-8-12-23-47(40)57-51/h5-29,31,40,47H,30H2,1-4H3. The molecule has 0 N–H and O–H groups in total. The quantitative estimate of drug-likeness (QED) is 0.0876. The molecular formula is C51H42O6. The maximum atomic E-state index is 14.2. The maximum absolute atomic E-state index is 14.2. The van der Waals surface area contributed by atoms with Gasteiger partial charge in [0.2, 0.25) is 0 Å². The Hall–Kier alpha value is -6.50. The normalized spacial score (nSPS) is 21.3. The Labute approximate surface area is 333 Å². The van der Waals surface area contributed by atoms with E-state index in [9.17, 15) is 9.59 Å². The molecule has 57 heavy (non-hydrogen) atoms. The van der Waals surface area contributed by atoms with Gasteiger partial charge >= 0.3 is 5.97 Å². The number of para-hydroxylation sites is 1. The van der Waals surface area contributed by atoms with Crippen LogP contribution in [0.25, 0.3) is 11.1 Å². The second kappa shape index (κ2) is 14.2. The number of methoxy groups -OCH3 is 1. The van der Waals surface area contributed by atoms with Crippen molar-refractivity contribution in [3.05, 3.63) is 208 Å². The van der Waals surface area contributed by atoms with E-state index in [4.69, 9.17) is 18.9 Å². The molecular weight excluding hydrogens is 709 g/mol. The van der Waals surface area contributed by atoms with Gasteiger partial charge in [0.15, 0.2) is 11.4 Å². The van der Waals surface area contributed by atoms with Gasteiger partial charge in [-0.25, -0.2) is 4.79 Å². The van der Waals surface area contributed by atoms with E-state index in [1.165, 1.54) is 0 Å². The van der Waals surface area contributed by atoms with Crippen molar-refractivity contribution in [3.63, 3.8) is 0 Å². The van der Waals surface area contributed by atoms with Crippen molar-refractivity contribution in [1.82, 2.24) is 0 Å². The van der Waals surface area contributed by atoms with E-state index in [0.717, 1.165) is 50.3 Å². The Bertz CT molecular complexity index is 2640. The van der Waals surface area contributed by atoms with E-state index in [1.807, 2.05) is 86.7 Å². The first-order valence-corrected chi connectivity index (χ1v) is 19.3. The predicted octanol–water partition coefficient (Wildman–Crippen LogP) is 10.8. The molecule has 0 bridgehead atoms. The SMILES string of the molecule is COc1ccc(OC(=O)c2cccc(C(=O)Cc3ccc(C)cc3C3(C)Oc4ccccc4-c4ccccc43)c2)c(C2(C)OC3C=CC=CC3c3ccccc32)c1. The molecule has 0 saturated carbocycles. The van der Waals surface area contributed by atoms with Crippen molar-refractivity contribution in [3.8, 4) is 28.4 Å². The van der Waals surface area contributed by atoms with E-state index >= 15 is 0 Å². The van der Waals surface area contributed by atoms with Crippen molar-refractivity contribution >= 4 is 11.8 Å². The number of carbonyl (C=O) groups excluding carboxylic acids is 2. The number of carbonyl (C=O) groups is 2. The predicted molar refractivity (Wildman–Crippen MR) is 221 cm³/mol. The fourth-order valence-corrected chi connectivity index (χ4v) is 8.77. The number of hydrogen-bond acceptors (Lipinski definition) is 6. The minimum absolute atomic E-state index is 0.0673.